The number of rotatable bonds is 8. The zero-order valence-electron chi connectivity index (χ0n) is 12.4. The highest BCUT2D eigenvalue weighted by molar-refractivity contribution is 7.89. The van der Waals surface area contributed by atoms with Gasteiger partial charge in [0.25, 0.3) is 0 Å². The number of unbranched alkanes of at least 4 members (excludes halogenated alkanes) is 1. The normalized spacial score (nSPS) is 11.8. The lowest BCUT2D eigenvalue weighted by atomic mass is 10.1. The van der Waals surface area contributed by atoms with Crippen LogP contribution in [0.15, 0.2) is 29.2 Å². The molecule has 0 radical (unpaired) electrons. The number of hydrogen-bond acceptors (Lipinski definition) is 3. The van der Waals surface area contributed by atoms with E-state index >= 15 is 0 Å². The lowest BCUT2D eigenvalue weighted by molar-refractivity contribution is 0.0981. The predicted molar refractivity (Wildman–Crippen MR) is 80.4 cm³/mol. The van der Waals surface area contributed by atoms with Crippen molar-refractivity contribution in [3.63, 3.8) is 0 Å². The van der Waals surface area contributed by atoms with Crippen molar-refractivity contribution in [2.45, 2.75) is 44.4 Å². The van der Waals surface area contributed by atoms with Crippen LogP contribution in [0.3, 0.4) is 0 Å². The average molecular weight is 297 g/mol. The Morgan fingerprint density at radius 1 is 1.10 bits per heavy atom. The molecule has 0 aromatic heterocycles. The fourth-order valence-corrected chi connectivity index (χ4v) is 3.07. The summed E-state index contributed by atoms with van der Waals surface area (Å²) in [5, 5.41) is 0. The van der Waals surface area contributed by atoms with E-state index in [2.05, 4.69) is 0 Å². The van der Waals surface area contributed by atoms with Crippen LogP contribution in [0.2, 0.25) is 0 Å². The Morgan fingerprint density at radius 3 is 2.20 bits per heavy atom. The van der Waals surface area contributed by atoms with Crippen LogP contribution in [-0.2, 0) is 10.0 Å². The van der Waals surface area contributed by atoms with Crippen molar-refractivity contribution >= 4 is 15.8 Å². The standard InChI is InChI=1S/C15H23NO3S/c1-4-6-12-16(3)20(18,19)14-10-8-13(9-11-14)15(17)7-5-2/h8-11H,4-7,12H2,1-3H3. The van der Waals surface area contributed by atoms with Gasteiger partial charge < -0.3 is 0 Å². The van der Waals surface area contributed by atoms with Crippen molar-refractivity contribution in [2.75, 3.05) is 13.6 Å². The van der Waals surface area contributed by atoms with E-state index in [0.29, 0.717) is 18.5 Å². The second-order valence-corrected chi connectivity index (χ2v) is 6.92. The van der Waals surface area contributed by atoms with Gasteiger partial charge in [-0.1, -0.05) is 32.4 Å². The third-order valence-electron chi connectivity index (χ3n) is 3.19. The molecule has 0 unspecified atom stereocenters. The lowest BCUT2D eigenvalue weighted by Crippen LogP contribution is -2.27. The summed E-state index contributed by atoms with van der Waals surface area (Å²) in [5.41, 5.74) is 0.571. The van der Waals surface area contributed by atoms with Crippen LogP contribution in [0.25, 0.3) is 0 Å². The number of hydrogen-bond donors (Lipinski definition) is 0. The summed E-state index contributed by atoms with van der Waals surface area (Å²) in [6.45, 7) is 4.48. The second kappa shape index (κ2) is 7.55. The molecule has 112 valence electrons. The molecule has 0 saturated heterocycles. The van der Waals surface area contributed by atoms with Crippen molar-refractivity contribution in [1.29, 1.82) is 0 Å². The highest BCUT2D eigenvalue weighted by atomic mass is 32.2. The number of carbonyl (C=O) groups is 1. The van der Waals surface area contributed by atoms with Crippen molar-refractivity contribution in [3.05, 3.63) is 29.8 Å². The maximum Gasteiger partial charge on any atom is 0.242 e. The van der Waals surface area contributed by atoms with Crippen molar-refractivity contribution in [3.8, 4) is 0 Å². The fourth-order valence-electron chi connectivity index (χ4n) is 1.87. The Balaban J connectivity index is 2.89. The summed E-state index contributed by atoms with van der Waals surface area (Å²) in [7, 11) is -1.86. The topological polar surface area (TPSA) is 54.5 Å². The summed E-state index contributed by atoms with van der Waals surface area (Å²) in [4.78, 5) is 12.0. The molecule has 0 saturated carbocycles. The fraction of sp³-hybridized carbons (Fsp3) is 0.533. The molecule has 0 N–H and O–H groups in total. The first-order chi connectivity index (χ1) is 9.43. The minimum atomic E-state index is -3.44. The highest BCUT2D eigenvalue weighted by Crippen LogP contribution is 2.16. The van der Waals surface area contributed by atoms with E-state index in [1.54, 1.807) is 19.2 Å². The smallest absolute Gasteiger partial charge is 0.242 e. The summed E-state index contributed by atoms with van der Waals surface area (Å²) >= 11 is 0. The third-order valence-corrected chi connectivity index (χ3v) is 5.06. The van der Waals surface area contributed by atoms with Gasteiger partial charge in [-0.05, 0) is 25.0 Å². The molecule has 0 fully saturated rings. The highest BCUT2D eigenvalue weighted by Gasteiger charge is 2.20. The summed E-state index contributed by atoms with van der Waals surface area (Å²) in [5.74, 6) is 0.0517. The molecule has 4 nitrogen and oxygen atoms in total. The van der Waals surface area contributed by atoms with Gasteiger partial charge in [0.1, 0.15) is 0 Å². The third kappa shape index (κ3) is 4.15. The van der Waals surface area contributed by atoms with Gasteiger partial charge in [-0.25, -0.2) is 12.7 Å². The molecule has 0 bridgehead atoms. The molecule has 0 aliphatic heterocycles. The van der Waals surface area contributed by atoms with Gasteiger partial charge in [0.15, 0.2) is 5.78 Å². The molecule has 1 aromatic carbocycles. The Bertz CT molecular complexity index is 535. The average Bonchev–Trinajstić information content (AvgIpc) is 2.45. The monoisotopic (exact) mass is 297 g/mol. The van der Waals surface area contributed by atoms with Crippen molar-refractivity contribution in [1.82, 2.24) is 4.31 Å². The Morgan fingerprint density at radius 2 is 1.70 bits per heavy atom. The molecular formula is C15H23NO3S. The van der Waals surface area contributed by atoms with E-state index in [-0.39, 0.29) is 10.7 Å². The number of benzene rings is 1. The van der Waals surface area contributed by atoms with E-state index in [1.165, 1.54) is 16.4 Å². The maximum absolute atomic E-state index is 12.3. The van der Waals surface area contributed by atoms with Crippen LogP contribution in [-0.4, -0.2) is 32.1 Å². The molecule has 0 spiro atoms. The predicted octanol–water partition coefficient (Wildman–Crippen LogP) is 3.09. The van der Waals surface area contributed by atoms with Gasteiger partial charge in [0.05, 0.1) is 4.90 Å². The Labute approximate surface area is 121 Å². The minimum absolute atomic E-state index is 0.0517. The van der Waals surface area contributed by atoms with Crippen LogP contribution in [0.4, 0.5) is 0 Å². The summed E-state index contributed by atoms with van der Waals surface area (Å²) in [6, 6.07) is 6.22. The first-order valence-electron chi connectivity index (χ1n) is 7.03. The number of sulfonamides is 1. The molecule has 0 atom stereocenters. The quantitative estimate of drug-likeness (QED) is 0.693. The molecule has 1 aromatic rings. The van der Waals surface area contributed by atoms with Crippen molar-refractivity contribution in [2.24, 2.45) is 0 Å². The van der Waals surface area contributed by atoms with E-state index in [4.69, 9.17) is 0 Å². The SMILES string of the molecule is CCCCN(C)S(=O)(=O)c1ccc(C(=O)CCC)cc1. The van der Waals surface area contributed by atoms with E-state index in [9.17, 15) is 13.2 Å². The van der Waals surface area contributed by atoms with Crippen LogP contribution in [0.1, 0.15) is 49.9 Å². The first-order valence-corrected chi connectivity index (χ1v) is 8.47. The molecule has 0 aliphatic rings. The zero-order chi connectivity index (χ0) is 15.2. The van der Waals surface area contributed by atoms with Gasteiger partial charge in [0, 0.05) is 25.6 Å². The van der Waals surface area contributed by atoms with Crippen LogP contribution >= 0.6 is 0 Å². The van der Waals surface area contributed by atoms with Gasteiger partial charge in [-0.2, -0.15) is 0 Å². The van der Waals surface area contributed by atoms with Gasteiger partial charge in [-0.15, -0.1) is 0 Å². The van der Waals surface area contributed by atoms with Gasteiger partial charge >= 0.3 is 0 Å². The Kier molecular flexibility index (Phi) is 6.36. The van der Waals surface area contributed by atoms with Crippen LogP contribution in [0.5, 0.6) is 0 Å². The van der Waals surface area contributed by atoms with E-state index in [0.717, 1.165) is 19.3 Å². The first kappa shape index (κ1) is 16.9. The molecule has 20 heavy (non-hydrogen) atoms. The van der Waals surface area contributed by atoms with E-state index < -0.39 is 10.0 Å². The second-order valence-electron chi connectivity index (χ2n) is 4.88. The molecule has 5 heteroatoms. The largest absolute Gasteiger partial charge is 0.294 e. The summed E-state index contributed by atoms with van der Waals surface area (Å²) < 4.78 is 25.9. The van der Waals surface area contributed by atoms with Crippen molar-refractivity contribution < 1.29 is 13.2 Å². The molecule has 0 heterocycles. The summed E-state index contributed by atoms with van der Waals surface area (Å²) in [6.07, 6.45) is 3.06. The maximum atomic E-state index is 12.3. The molecule has 0 aliphatic carbocycles. The lowest BCUT2D eigenvalue weighted by Gasteiger charge is -2.16. The Hall–Kier alpha value is -1.20. The molecular weight excluding hydrogens is 274 g/mol. The number of ketones is 1. The zero-order valence-corrected chi connectivity index (χ0v) is 13.2. The number of nitrogens with zero attached hydrogens (tertiary/aromatic N) is 1. The number of Topliss-reactive ketones (excluding diaryl/α,β-unsaturated/α-hetero) is 1. The van der Waals surface area contributed by atoms with Gasteiger partial charge in [0.2, 0.25) is 10.0 Å². The van der Waals surface area contributed by atoms with E-state index in [1.807, 2.05) is 13.8 Å². The number of carbonyl (C=O) groups excluding carboxylic acids is 1. The van der Waals surface area contributed by atoms with Crippen LogP contribution in [0, 0.1) is 0 Å². The molecule has 1 rings (SSSR count). The van der Waals surface area contributed by atoms with Crippen LogP contribution < -0.4 is 0 Å². The minimum Gasteiger partial charge on any atom is -0.294 e. The van der Waals surface area contributed by atoms with Gasteiger partial charge in [-0.3, -0.25) is 4.79 Å². The molecule has 0 amide bonds.